The van der Waals surface area contributed by atoms with Crippen molar-refractivity contribution in [3.05, 3.63) is 115 Å². The molecular weight excluding hydrogens is 418 g/mol. The standard InChI is InChI=1S/C31H19NO2/c1-3-10-20(11-4-1)29-25-19-32-26(18-28(25)34-30(29)21-12-5-2-6-13-21)24-16-9-15-23-22-14-7-8-17-27(22)33-31(23)24/h1-19H. The van der Waals surface area contributed by atoms with Gasteiger partial charge in [0.2, 0.25) is 0 Å². The molecule has 0 fully saturated rings. The third-order valence-electron chi connectivity index (χ3n) is 6.35. The summed E-state index contributed by atoms with van der Waals surface area (Å²) in [6, 6.07) is 36.9. The second kappa shape index (κ2) is 7.46. The van der Waals surface area contributed by atoms with Gasteiger partial charge in [0.1, 0.15) is 22.5 Å². The number of fused-ring (bicyclic) bond motifs is 4. The number of benzene rings is 4. The zero-order valence-corrected chi connectivity index (χ0v) is 18.2. The maximum Gasteiger partial charge on any atom is 0.144 e. The van der Waals surface area contributed by atoms with Crippen molar-refractivity contribution in [3.8, 4) is 33.7 Å². The quantitative estimate of drug-likeness (QED) is 0.277. The van der Waals surface area contributed by atoms with E-state index in [1.54, 1.807) is 0 Å². The van der Waals surface area contributed by atoms with E-state index in [0.29, 0.717) is 0 Å². The van der Waals surface area contributed by atoms with E-state index in [1.807, 2.05) is 66.9 Å². The van der Waals surface area contributed by atoms with Gasteiger partial charge in [0.15, 0.2) is 0 Å². The number of nitrogens with zero attached hydrogens (tertiary/aromatic N) is 1. The van der Waals surface area contributed by atoms with Crippen LogP contribution in [0.5, 0.6) is 0 Å². The molecule has 0 aliphatic heterocycles. The fourth-order valence-electron chi connectivity index (χ4n) is 4.77. The summed E-state index contributed by atoms with van der Waals surface area (Å²) in [5.41, 5.74) is 7.50. The van der Waals surface area contributed by atoms with Crippen LogP contribution in [-0.2, 0) is 0 Å². The summed E-state index contributed by atoms with van der Waals surface area (Å²) in [5.74, 6) is 0.850. The highest BCUT2D eigenvalue weighted by Gasteiger charge is 2.20. The van der Waals surface area contributed by atoms with Gasteiger partial charge in [-0.1, -0.05) is 91.0 Å². The fraction of sp³-hybridized carbons (Fsp3) is 0. The summed E-state index contributed by atoms with van der Waals surface area (Å²) in [5, 5.41) is 3.19. The molecule has 3 heteroatoms. The van der Waals surface area contributed by atoms with E-state index in [0.717, 1.165) is 66.6 Å². The van der Waals surface area contributed by atoms with Crippen LogP contribution < -0.4 is 0 Å². The Kier molecular flexibility index (Phi) is 4.15. The Morgan fingerprint density at radius 2 is 1.24 bits per heavy atom. The maximum absolute atomic E-state index is 6.50. The van der Waals surface area contributed by atoms with Gasteiger partial charge in [-0.05, 0) is 17.7 Å². The van der Waals surface area contributed by atoms with E-state index in [9.17, 15) is 0 Å². The predicted octanol–water partition coefficient (Wildman–Crippen LogP) is 8.73. The molecule has 0 N–H and O–H groups in total. The lowest BCUT2D eigenvalue weighted by molar-refractivity contribution is 0.632. The van der Waals surface area contributed by atoms with E-state index < -0.39 is 0 Å². The predicted molar refractivity (Wildman–Crippen MR) is 138 cm³/mol. The van der Waals surface area contributed by atoms with Gasteiger partial charge in [0, 0.05) is 45.1 Å². The van der Waals surface area contributed by atoms with Gasteiger partial charge in [0.25, 0.3) is 0 Å². The first-order valence-electron chi connectivity index (χ1n) is 11.3. The first-order valence-corrected chi connectivity index (χ1v) is 11.3. The molecule has 3 aromatic heterocycles. The average Bonchev–Trinajstić information content (AvgIpc) is 3.48. The minimum atomic E-state index is 0.802. The molecule has 34 heavy (non-hydrogen) atoms. The molecule has 0 saturated carbocycles. The molecule has 0 amide bonds. The molecule has 0 aliphatic carbocycles. The molecule has 7 rings (SSSR count). The molecule has 0 atom stereocenters. The molecule has 3 nitrogen and oxygen atoms in total. The van der Waals surface area contributed by atoms with Crippen molar-refractivity contribution in [2.45, 2.75) is 0 Å². The second-order valence-electron chi connectivity index (χ2n) is 8.38. The molecule has 4 aromatic carbocycles. The Morgan fingerprint density at radius 1 is 0.529 bits per heavy atom. The third-order valence-corrected chi connectivity index (χ3v) is 6.35. The third kappa shape index (κ3) is 2.87. The van der Waals surface area contributed by atoms with Crippen molar-refractivity contribution in [1.29, 1.82) is 0 Å². The normalized spacial score (nSPS) is 11.5. The largest absolute Gasteiger partial charge is 0.455 e. The summed E-state index contributed by atoms with van der Waals surface area (Å²) in [6.45, 7) is 0. The van der Waals surface area contributed by atoms with Crippen LogP contribution in [0.25, 0.3) is 66.6 Å². The molecular formula is C31H19NO2. The Balaban J connectivity index is 1.48. The van der Waals surface area contributed by atoms with Crippen LogP contribution in [-0.4, -0.2) is 4.98 Å². The molecule has 0 saturated heterocycles. The molecule has 0 radical (unpaired) electrons. The highest BCUT2D eigenvalue weighted by atomic mass is 16.3. The van der Waals surface area contributed by atoms with Crippen LogP contribution in [0.15, 0.2) is 124 Å². The Bertz CT molecular complexity index is 1790. The Morgan fingerprint density at radius 3 is 2.06 bits per heavy atom. The van der Waals surface area contributed by atoms with Gasteiger partial charge in [-0.15, -0.1) is 0 Å². The fourth-order valence-corrected chi connectivity index (χ4v) is 4.77. The second-order valence-corrected chi connectivity index (χ2v) is 8.38. The van der Waals surface area contributed by atoms with Crippen molar-refractivity contribution in [2.75, 3.05) is 0 Å². The van der Waals surface area contributed by atoms with Crippen LogP contribution >= 0.6 is 0 Å². The van der Waals surface area contributed by atoms with Crippen LogP contribution in [0.2, 0.25) is 0 Å². The zero-order valence-electron chi connectivity index (χ0n) is 18.2. The van der Waals surface area contributed by atoms with Gasteiger partial charge < -0.3 is 8.83 Å². The molecule has 3 heterocycles. The minimum Gasteiger partial charge on any atom is -0.455 e. The first-order chi connectivity index (χ1) is 16.9. The van der Waals surface area contributed by atoms with E-state index in [1.165, 1.54) is 0 Å². The number of rotatable bonds is 3. The number of furan rings is 2. The molecule has 0 spiro atoms. The SMILES string of the molecule is c1ccc(-c2oc3cc(-c4cccc5c4oc4ccccc45)ncc3c2-c2ccccc2)cc1. The van der Waals surface area contributed by atoms with Crippen molar-refractivity contribution in [1.82, 2.24) is 4.98 Å². The smallest absolute Gasteiger partial charge is 0.144 e. The highest BCUT2D eigenvalue weighted by Crippen LogP contribution is 2.42. The maximum atomic E-state index is 6.50. The summed E-state index contributed by atoms with van der Waals surface area (Å²) < 4.78 is 12.7. The van der Waals surface area contributed by atoms with Crippen molar-refractivity contribution >= 4 is 32.9 Å². The van der Waals surface area contributed by atoms with Crippen molar-refractivity contribution in [2.24, 2.45) is 0 Å². The summed E-state index contributed by atoms with van der Waals surface area (Å²) in [4.78, 5) is 4.87. The highest BCUT2D eigenvalue weighted by molar-refractivity contribution is 6.10. The Hall–Kier alpha value is -4.63. The van der Waals surface area contributed by atoms with Crippen LogP contribution in [0, 0.1) is 0 Å². The molecule has 7 aromatic rings. The number of hydrogen-bond acceptors (Lipinski definition) is 3. The monoisotopic (exact) mass is 437 g/mol. The van der Waals surface area contributed by atoms with Crippen molar-refractivity contribution < 1.29 is 8.83 Å². The topological polar surface area (TPSA) is 39.2 Å². The van der Waals surface area contributed by atoms with Crippen LogP contribution in [0.1, 0.15) is 0 Å². The minimum absolute atomic E-state index is 0.802. The molecule has 0 bridgehead atoms. The summed E-state index contributed by atoms with van der Waals surface area (Å²) >= 11 is 0. The lowest BCUT2D eigenvalue weighted by Gasteiger charge is -2.04. The van der Waals surface area contributed by atoms with Gasteiger partial charge in [-0.25, -0.2) is 0 Å². The zero-order chi connectivity index (χ0) is 22.5. The molecule has 0 unspecified atom stereocenters. The van der Waals surface area contributed by atoms with E-state index in [-0.39, 0.29) is 0 Å². The number of hydrogen-bond donors (Lipinski definition) is 0. The lowest BCUT2D eigenvalue weighted by Crippen LogP contribution is -1.85. The van der Waals surface area contributed by atoms with Gasteiger partial charge in [0.05, 0.1) is 5.69 Å². The van der Waals surface area contributed by atoms with Crippen molar-refractivity contribution in [3.63, 3.8) is 0 Å². The number of pyridine rings is 1. The van der Waals surface area contributed by atoms with Crippen LogP contribution in [0.4, 0.5) is 0 Å². The molecule has 160 valence electrons. The van der Waals surface area contributed by atoms with Gasteiger partial charge in [-0.2, -0.15) is 0 Å². The Labute approximate surface area is 195 Å². The number of aromatic nitrogens is 1. The summed E-state index contributed by atoms with van der Waals surface area (Å²) in [6.07, 6.45) is 1.92. The van der Waals surface area contributed by atoms with E-state index in [4.69, 9.17) is 13.8 Å². The summed E-state index contributed by atoms with van der Waals surface area (Å²) in [7, 11) is 0. The van der Waals surface area contributed by atoms with Crippen LogP contribution in [0.3, 0.4) is 0 Å². The average molecular weight is 437 g/mol. The first kappa shape index (κ1) is 18.9. The lowest BCUT2D eigenvalue weighted by atomic mass is 9.99. The van der Waals surface area contributed by atoms with E-state index in [2.05, 4.69) is 48.5 Å². The van der Waals surface area contributed by atoms with E-state index >= 15 is 0 Å². The van der Waals surface area contributed by atoms with Gasteiger partial charge in [-0.3, -0.25) is 4.98 Å². The van der Waals surface area contributed by atoms with Gasteiger partial charge >= 0.3 is 0 Å². The molecule has 0 aliphatic rings. The number of para-hydroxylation sites is 2.